The molecule has 1 fully saturated rings. The molecule has 20 nitrogen and oxygen atoms in total. The molecule has 6 atom stereocenters. The van der Waals surface area contributed by atoms with Crippen LogP contribution in [0.15, 0.2) is 4.99 Å². The van der Waals surface area contributed by atoms with Crippen LogP contribution in [0.4, 0.5) is 0 Å². The lowest BCUT2D eigenvalue weighted by Gasteiger charge is -2.30. The molecule has 0 spiro atoms. The summed E-state index contributed by atoms with van der Waals surface area (Å²) in [4.78, 5) is 107. The number of nitrogens with zero attached hydrogens (tertiary/aromatic N) is 2. The minimum absolute atomic E-state index is 0.119. The van der Waals surface area contributed by atoms with Gasteiger partial charge in [-0.3, -0.25) is 38.6 Å². The number of likely N-dealkylation sites (tertiary alicyclic amines) is 1. The molecule has 1 aliphatic heterocycles. The first kappa shape index (κ1) is 46.4. The number of aliphatic imine (C=N–C) groups is 1. The van der Waals surface area contributed by atoms with Gasteiger partial charge >= 0.3 is 11.9 Å². The highest BCUT2D eigenvalue weighted by atomic mass is 32.2. The maximum Gasteiger partial charge on any atom is 0.326 e. The van der Waals surface area contributed by atoms with Crippen molar-refractivity contribution in [2.75, 3.05) is 25.1 Å². The molecule has 1 heterocycles. The molecule has 0 bridgehead atoms. The van der Waals surface area contributed by atoms with Crippen molar-refractivity contribution >= 4 is 65.1 Å². The van der Waals surface area contributed by atoms with Crippen molar-refractivity contribution in [2.24, 2.45) is 33.8 Å². The summed E-state index contributed by atoms with van der Waals surface area (Å²) >= 11 is 1.40. The molecule has 1 rings (SSSR count). The highest BCUT2D eigenvalue weighted by Gasteiger charge is 2.39. The van der Waals surface area contributed by atoms with Gasteiger partial charge in [0.15, 0.2) is 5.96 Å². The number of carbonyl (C=O) groups is 8. The number of hydrogen-bond acceptors (Lipinski definition) is 11. The fourth-order valence-corrected chi connectivity index (χ4v) is 5.99. The maximum atomic E-state index is 13.8. The number of nitrogens with one attached hydrogen (secondary N) is 4. The van der Waals surface area contributed by atoms with Gasteiger partial charge in [-0.1, -0.05) is 13.8 Å². The maximum absolute atomic E-state index is 13.8. The molecule has 0 aromatic rings. The Bertz CT molecular complexity index is 1330. The van der Waals surface area contributed by atoms with E-state index in [1.807, 2.05) is 0 Å². The third kappa shape index (κ3) is 17.6. The van der Waals surface area contributed by atoms with Crippen LogP contribution in [0.5, 0.6) is 0 Å². The molecule has 14 N–H and O–H groups in total. The second-order valence-corrected chi connectivity index (χ2v) is 14.2. The van der Waals surface area contributed by atoms with Gasteiger partial charge in [0.2, 0.25) is 35.4 Å². The van der Waals surface area contributed by atoms with E-state index >= 15 is 0 Å². The molecule has 0 saturated carbocycles. The van der Waals surface area contributed by atoms with Crippen LogP contribution in [0.2, 0.25) is 0 Å². The van der Waals surface area contributed by atoms with E-state index in [1.54, 1.807) is 20.1 Å². The summed E-state index contributed by atoms with van der Waals surface area (Å²) in [5, 5.41) is 29.0. The number of carboxylic acid groups (broad SMARTS) is 2. The minimum atomic E-state index is -1.43. The molecule has 0 unspecified atom stereocenters. The molecule has 1 aliphatic rings. The monoisotopic (exact) mass is 772 g/mol. The predicted octanol–water partition coefficient (Wildman–Crippen LogP) is -2.69. The van der Waals surface area contributed by atoms with Gasteiger partial charge in [-0.25, -0.2) is 4.79 Å². The normalized spacial score (nSPS) is 16.7. The van der Waals surface area contributed by atoms with E-state index in [0.29, 0.717) is 18.6 Å². The Morgan fingerprint density at radius 2 is 1.42 bits per heavy atom. The Balaban J connectivity index is 3.15. The van der Waals surface area contributed by atoms with E-state index in [2.05, 4.69) is 26.3 Å². The second kappa shape index (κ2) is 23.8. The summed E-state index contributed by atoms with van der Waals surface area (Å²) in [5.41, 5.74) is 21.7. The Kier molecular flexibility index (Phi) is 20.8. The highest BCUT2D eigenvalue weighted by molar-refractivity contribution is 7.98. The van der Waals surface area contributed by atoms with Crippen LogP contribution in [0, 0.1) is 5.92 Å². The fourth-order valence-electron chi connectivity index (χ4n) is 5.52. The summed E-state index contributed by atoms with van der Waals surface area (Å²) in [6.07, 6.45) is 1.96. The first-order chi connectivity index (χ1) is 24.9. The molecular weight excluding hydrogens is 716 g/mol. The zero-order valence-electron chi connectivity index (χ0n) is 30.5. The Hall–Kier alpha value is -4.66. The molecular formula is C32H56N10O10S. The number of guanidine groups is 1. The summed E-state index contributed by atoms with van der Waals surface area (Å²) in [5.74, 6) is -6.71. The van der Waals surface area contributed by atoms with Gasteiger partial charge in [-0.05, 0) is 69.3 Å². The molecule has 0 aliphatic carbocycles. The number of rotatable bonds is 25. The van der Waals surface area contributed by atoms with Crippen molar-refractivity contribution in [2.45, 2.75) is 114 Å². The zero-order chi connectivity index (χ0) is 40.2. The van der Waals surface area contributed by atoms with Crippen LogP contribution >= 0.6 is 11.8 Å². The SMILES string of the molecule is CSCC[C@H](NC(=O)[C@@H]1CCCN1C(=O)[C@H](CCC(=O)O)NC(=O)[C@@H](N)CCCN=C(N)N)C(=O)N[C@@H](CC(C)C)C(=O)N[C@@H](CCC(N)=O)C(=O)O. The molecule has 0 aromatic heterocycles. The first-order valence-corrected chi connectivity index (χ1v) is 18.8. The number of aliphatic carboxylic acids is 2. The molecule has 0 radical (unpaired) electrons. The van der Waals surface area contributed by atoms with Gasteiger partial charge in [0.05, 0.1) is 6.04 Å². The fraction of sp³-hybridized carbons (Fsp3) is 0.719. The third-order valence-electron chi connectivity index (χ3n) is 8.28. The lowest BCUT2D eigenvalue weighted by Crippen LogP contribution is -2.59. The first-order valence-electron chi connectivity index (χ1n) is 17.4. The molecule has 6 amide bonds. The van der Waals surface area contributed by atoms with Crippen LogP contribution in [-0.2, 0) is 38.4 Å². The Morgan fingerprint density at radius 1 is 0.811 bits per heavy atom. The van der Waals surface area contributed by atoms with Gasteiger partial charge in [0.25, 0.3) is 0 Å². The zero-order valence-corrected chi connectivity index (χ0v) is 31.3. The van der Waals surface area contributed by atoms with E-state index in [0.717, 1.165) is 0 Å². The van der Waals surface area contributed by atoms with Crippen molar-refractivity contribution in [1.29, 1.82) is 0 Å². The van der Waals surface area contributed by atoms with Gasteiger partial charge in [-0.15, -0.1) is 0 Å². The third-order valence-corrected chi connectivity index (χ3v) is 8.93. The molecule has 21 heteroatoms. The van der Waals surface area contributed by atoms with Gasteiger partial charge in [0.1, 0.15) is 30.2 Å². The number of nitrogens with two attached hydrogens (primary N) is 4. The topological polar surface area (TPSA) is 345 Å². The number of thioether (sulfide) groups is 1. The van der Waals surface area contributed by atoms with Crippen LogP contribution in [0.1, 0.15) is 78.1 Å². The number of amides is 6. The van der Waals surface area contributed by atoms with Crippen LogP contribution in [0.3, 0.4) is 0 Å². The van der Waals surface area contributed by atoms with E-state index in [-0.39, 0.29) is 69.9 Å². The number of hydrogen-bond donors (Lipinski definition) is 10. The standard InChI is InChI=1S/C32H56N10O10S/c1-17(2)16-22(28(48)40-21(31(51)52)8-10-24(34)43)41-27(47)19(12-15-53-3)38-29(49)23-7-5-14-42(23)30(50)20(9-11-25(44)45)39-26(46)18(33)6-4-13-37-32(35)36/h17-23H,4-16,33H2,1-3H3,(H2,34,43)(H,38,49)(H,39,46)(H,40,48)(H,41,47)(H,44,45)(H,51,52)(H4,35,36,37)/t18-,19-,20-,21-,22-,23-/m0/s1. The van der Waals surface area contributed by atoms with Crippen molar-refractivity contribution < 1.29 is 48.6 Å². The summed E-state index contributed by atoms with van der Waals surface area (Å²) in [6.45, 7) is 3.93. The van der Waals surface area contributed by atoms with Crippen LogP contribution in [-0.4, -0.2) is 130 Å². The second-order valence-electron chi connectivity index (χ2n) is 13.2. The molecule has 300 valence electrons. The van der Waals surface area contributed by atoms with E-state index in [1.165, 1.54) is 16.7 Å². The lowest BCUT2D eigenvalue weighted by molar-refractivity contribution is -0.143. The quantitative estimate of drug-likeness (QED) is 0.0257. The van der Waals surface area contributed by atoms with Crippen LogP contribution in [0.25, 0.3) is 0 Å². The van der Waals surface area contributed by atoms with Gasteiger partial charge in [0, 0.05) is 25.9 Å². The number of primary amides is 1. The predicted molar refractivity (Wildman–Crippen MR) is 196 cm³/mol. The lowest BCUT2D eigenvalue weighted by atomic mass is 10.0. The van der Waals surface area contributed by atoms with Gasteiger partial charge in [-0.2, -0.15) is 11.8 Å². The van der Waals surface area contributed by atoms with Crippen molar-refractivity contribution in [3.8, 4) is 0 Å². The summed E-state index contributed by atoms with van der Waals surface area (Å²) < 4.78 is 0. The average molecular weight is 773 g/mol. The van der Waals surface area contributed by atoms with E-state index in [9.17, 15) is 48.6 Å². The van der Waals surface area contributed by atoms with Crippen molar-refractivity contribution in [3.05, 3.63) is 0 Å². The molecule has 1 saturated heterocycles. The summed E-state index contributed by atoms with van der Waals surface area (Å²) in [6, 6.07) is -7.19. The van der Waals surface area contributed by atoms with Crippen molar-refractivity contribution in [1.82, 2.24) is 26.2 Å². The number of carbonyl (C=O) groups excluding carboxylic acids is 6. The average Bonchev–Trinajstić information content (AvgIpc) is 3.57. The molecule has 53 heavy (non-hydrogen) atoms. The smallest absolute Gasteiger partial charge is 0.326 e. The van der Waals surface area contributed by atoms with Crippen LogP contribution < -0.4 is 44.2 Å². The Morgan fingerprint density at radius 3 is 1.98 bits per heavy atom. The molecule has 0 aromatic carbocycles. The minimum Gasteiger partial charge on any atom is -0.481 e. The largest absolute Gasteiger partial charge is 0.481 e. The van der Waals surface area contributed by atoms with Gasteiger partial charge < -0.3 is 59.3 Å². The van der Waals surface area contributed by atoms with E-state index in [4.69, 9.17) is 22.9 Å². The summed E-state index contributed by atoms with van der Waals surface area (Å²) in [7, 11) is 0. The van der Waals surface area contributed by atoms with Crippen molar-refractivity contribution in [3.63, 3.8) is 0 Å². The highest BCUT2D eigenvalue weighted by Crippen LogP contribution is 2.21. The van der Waals surface area contributed by atoms with E-state index < -0.39 is 90.1 Å². The Labute approximate surface area is 312 Å². The number of carboxylic acids is 2.